The molecule has 0 spiro atoms. The molecule has 0 bridgehead atoms. The Kier molecular flexibility index (Phi) is 16.2. The maximum atomic E-state index is 5.56. The van der Waals surface area contributed by atoms with Crippen LogP contribution in [0.1, 0.15) is 22.8 Å². The van der Waals surface area contributed by atoms with Gasteiger partial charge in [0.05, 0.1) is 68.6 Å². The van der Waals surface area contributed by atoms with Gasteiger partial charge >= 0.3 is 0 Å². The van der Waals surface area contributed by atoms with E-state index in [9.17, 15) is 0 Å². The number of ether oxygens (including phenoxy) is 1. The molecule has 14 heteroatoms. The summed E-state index contributed by atoms with van der Waals surface area (Å²) in [5.41, 5.74) is 13.6. The first-order valence-electron chi connectivity index (χ1n) is 34.3. The van der Waals surface area contributed by atoms with Gasteiger partial charge in [0.15, 0.2) is 17.5 Å². The molecule has 8 heterocycles. The van der Waals surface area contributed by atoms with E-state index in [0.29, 0.717) is 35.3 Å². The second-order valence-electron chi connectivity index (χ2n) is 24.9. The summed E-state index contributed by atoms with van der Waals surface area (Å²) in [5, 5.41) is 10.1. The molecule has 0 unspecified atom stereocenters. The third-order valence-corrected chi connectivity index (χ3v) is 18.6. The number of hydrogen-bond donors (Lipinski definition) is 0. The highest BCUT2D eigenvalue weighted by Gasteiger charge is 2.22. The molecule has 19 aromatic rings. The van der Waals surface area contributed by atoms with E-state index < -0.39 is 0 Å². The number of fused-ring (bicyclic) bond motifs is 12. The van der Waals surface area contributed by atoms with E-state index in [1.54, 1.807) is 0 Å². The Balaban J connectivity index is 0.000000113. The molecule has 0 aliphatic carbocycles. The van der Waals surface area contributed by atoms with Crippen LogP contribution in [0.15, 0.2) is 309 Å². The van der Waals surface area contributed by atoms with Gasteiger partial charge in [0, 0.05) is 78.3 Å². The van der Waals surface area contributed by atoms with Crippen LogP contribution in [-0.2, 0) is 4.74 Å². The molecule has 1 aliphatic heterocycles. The van der Waals surface area contributed by atoms with E-state index in [1.165, 1.54) is 32.3 Å². The number of nitrogens with zero attached hydrogens (tertiary/aromatic N) is 13. The smallest absolute Gasteiger partial charge is 0.237 e. The highest BCUT2D eigenvalue weighted by atomic mass is 16.5. The normalized spacial score (nSPS) is 12.3. The zero-order chi connectivity index (χ0) is 68.4. The average Bonchev–Trinajstić information content (AvgIpc) is 1.53. The van der Waals surface area contributed by atoms with Crippen LogP contribution in [0, 0.1) is 11.8 Å². The third kappa shape index (κ3) is 11.8. The molecule has 7 aromatic heterocycles. The quantitative estimate of drug-likeness (QED) is 0.134. The number of para-hydroxylation sites is 9. The van der Waals surface area contributed by atoms with Gasteiger partial charge in [-0.15, -0.1) is 0 Å². The molecule has 0 radical (unpaired) electrons. The first kappa shape index (κ1) is 61.5. The van der Waals surface area contributed by atoms with Crippen LogP contribution in [0.4, 0.5) is 5.82 Å². The third-order valence-electron chi connectivity index (χ3n) is 18.6. The zero-order valence-corrected chi connectivity index (χ0v) is 55.7. The molecule has 1 aliphatic rings. The fourth-order valence-electron chi connectivity index (χ4n) is 13.9. The minimum absolute atomic E-state index is 0.550. The Bertz CT molecular complexity index is 6290. The van der Waals surface area contributed by atoms with Crippen LogP contribution in [0.2, 0.25) is 0 Å². The summed E-state index contributed by atoms with van der Waals surface area (Å²) in [5.74, 6) is 11.3. The maximum Gasteiger partial charge on any atom is 0.237 e. The second-order valence-corrected chi connectivity index (χ2v) is 24.9. The summed E-state index contributed by atoms with van der Waals surface area (Å²) in [4.78, 5) is 46.8. The Hall–Kier alpha value is -13.9. The number of rotatable bonds is 8. The van der Waals surface area contributed by atoms with E-state index in [-0.39, 0.29) is 0 Å². The maximum absolute atomic E-state index is 5.56. The lowest BCUT2D eigenvalue weighted by molar-refractivity contribution is 0.122. The van der Waals surface area contributed by atoms with Crippen molar-refractivity contribution >= 4 is 116 Å². The number of hydrogen-bond acceptors (Lipinski definition) is 11. The van der Waals surface area contributed by atoms with Crippen LogP contribution in [0.25, 0.3) is 151 Å². The molecule has 0 amide bonds. The highest BCUT2D eigenvalue weighted by molar-refractivity contribution is 6.11. The van der Waals surface area contributed by atoms with Crippen molar-refractivity contribution in [1.82, 2.24) is 58.6 Å². The first-order chi connectivity index (χ1) is 51.1. The minimum atomic E-state index is 0.550. The summed E-state index contributed by atoms with van der Waals surface area (Å²) in [7, 11) is 0. The lowest BCUT2D eigenvalue weighted by atomic mass is 10.1. The molecule has 1 fully saturated rings. The van der Waals surface area contributed by atoms with Crippen molar-refractivity contribution < 1.29 is 4.74 Å². The van der Waals surface area contributed by atoms with Crippen molar-refractivity contribution in [1.29, 1.82) is 0 Å². The summed E-state index contributed by atoms with van der Waals surface area (Å²) < 4.78 is 12.0. The fraction of sp³-hybridized carbons (Fsp3) is 0.0449. The Labute approximate surface area is 591 Å². The summed E-state index contributed by atoms with van der Waals surface area (Å²) in [6.45, 7) is 3.13. The van der Waals surface area contributed by atoms with Gasteiger partial charge < -0.3 is 9.64 Å². The topological polar surface area (TPSA) is 143 Å². The molecule has 14 nitrogen and oxygen atoms in total. The van der Waals surface area contributed by atoms with Crippen molar-refractivity contribution in [3.8, 4) is 52.5 Å². The lowest BCUT2D eigenvalue weighted by Gasteiger charge is -2.29. The van der Waals surface area contributed by atoms with Crippen molar-refractivity contribution in [3.63, 3.8) is 0 Å². The molecule has 0 atom stereocenters. The molecular weight excluding hydrogens is 1270 g/mol. The fourth-order valence-corrected chi connectivity index (χ4v) is 13.9. The van der Waals surface area contributed by atoms with Crippen LogP contribution < -0.4 is 4.90 Å². The highest BCUT2D eigenvalue weighted by Crippen LogP contribution is 2.36. The van der Waals surface area contributed by atoms with Gasteiger partial charge in [-0.3, -0.25) is 13.7 Å². The number of morpholine rings is 1. The van der Waals surface area contributed by atoms with Crippen LogP contribution in [0.3, 0.4) is 0 Å². The minimum Gasteiger partial charge on any atom is -0.378 e. The van der Waals surface area contributed by atoms with Crippen LogP contribution >= 0.6 is 0 Å². The molecule has 20 rings (SSSR count). The number of benzene rings is 12. The largest absolute Gasteiger partial charge is 0.378 e. The lowest BCUT2D eigenvalue weighted by Crippen LogP contribution is -2.37. The van der Waals surface area contributed by atoms with Crippen LogP contribution in [-0.4, -0.2) is 84.9 Å². The number of anilines is 1. The molecule has 103 heavy (non-hydrogen) atoms. The molecule has 1 saturated heterocycles. The van der Waals surface area contributed by atoms with Gasteiger partial charge in [-0.1, -0.05) is 236 Å². The Morgan fingerprint density at radius 2 is 0.631 bits per heavy atom. The molecule has 0 N–H and O–H groups in total. The van der Waals surface area contributed by atoms with Gasteiger partial charge in [0.25, 0.3) is 0 Å². The first-order valence-corrected chi connectivity index (χ1v) is 34.3. The summed E-state index contributed by atoms with van der Waals surface area (Å²) in [6, 6.07) is 105. The predicted octanol–water partition coefficient (Wildman–Crippen LogP) is 19.1. The van der Waals surface area contributed by atoms with E-state index in [4.69, 9.17) is 49.6 Å². The van der Waals surface area contributed by atoms with Crippen molar-refractivity contribution in [2.24, 2.45) is 0 Å². The summed E-state index contributed by atoms with van der Waals surface area (Å²) >= 11 is 0. The van der Waals surface area contributed by atoms with Gasteiger partial charge in [0.2, 0.25) is 17.8 Å². The SMILES string of the molecule is C(#Cc1nc(-n2c3ccccc3c3ccccc32)nc2ccccc12)c1ccccc1.C(=C\c1nc(-n2c3ccccc3c3ccccc32)nc2ccccc12)/c1nc(-c2ccccc2)nc(-c2ccccc2)n1.c1ccc2c(N3CCOCC3)nc(-n3c4ccccc4c4ccccc43)nc2c1. The Morgan fingerprint density at radius 1 is 0.282 bits per heavy atom. The van der Waals surface area contributed by atoms with Crippen molar-refractivity contribution in [2.75, 3.05) is 31.2 Å². The molecule has 0 saturated carbocycles. The van der Waals surface area contributed by atoms with Gasteiger partial charge in [-0.25, -0.2) is 39.9 Å². The van der Waals surface area contributed by atoms with Crippen molar-refractivity contribution in [2.45, 2.75) is 0 Å². The monoisotopic (exact) mass is 1330 g/mol. The summed E-state index contributed by atoms with van der Waals surface area (Å²) in [6.07, 6.45) is 3.88. The average molecular weight is 1330 g/mol. The van der Waals surface area contributed by atoms with Gasteiger partial charge in [-0.2, -0.15) is 4.98 Å². The second kappa shape index (κ2) is 27.1. The van der Waals surface area contributed by atoms with E-state index >= 15 is 0 Å². The van der Waals surface area contributed by atoms with Crippen molar-refractivity contribution in [3.05, 3.63) is 332 Å². The zero-order valence-electron chi connectivity index (χ0n) is 55.7. The molecular formula is C89H61N13O. The predicted molar refractivity (Wildman–Crippen MR) is 417 cm³/mol. The van der Waals surface area contributed by atoms with Gasteiger partial charge in [0.1, 0.15) is 11.5 Å². The Morgan fingerprint density at radius 3 is 1.09 bits per heavy atom. The van der Waals surface area contributed by atoms with Crippen LogP contribution in [0.5, 0.6) is 0 Å². The number of aromatic nitrogens is 12. The van der Waals surface area contributed by atoms with E-state index in [2.05, 4.69) is 194 Å². The van der Waals surface area contributed by atoms with Gasteiger partial charge in [-0.05, 0) is 96.9 Å². The molecule has 12 aromatic carbocycles. The van der Waals surface area contributed by atoms with E-state index in [0.717, 1.165) is 126 Å². The standard InChI is InChI=1S/C37H24N6.C28H17N3.C24H20N4O/c1-3-13-25(14-4-1)35-40-34(41-36(42-35)26-15-5-2-6-16-26)24-23-31-29-19-7-10-20-30(29)38-37(39-31)43-32-21-11-8-17-27(32)28-18-9-12-22-33(28)43;1-2-10-20(11-3-1)18-19-25-23-14-4-7-15-24(23)29-28(30-25)31-26-16-8-5-12-21(26)22-13-6-9-17-27(22)31;1-4-10-20-19(9-1)23(27-13-15-29-16-14-27)26-24(25-20)28-21-11-5-2-7-17(21)18-8-3-6-12-22(18)28/h1-24H;1-17H;1-12H,13-16H2/b24-23+;;. The van der Waals surface area contributed by atoms with E-state index in [1.807, 2.05) is 158 Å². The molecule has 488 valence electrons.